The minimum Gasteiger partial charge on any atom is -0.496 e. The lowest BCUT2D eigenvalue weighted by Crippen LogP contribution is -2.27. The number of rotatable bonds is 3. The van der Waals surface area contributed by atoms with Crippen LogP contribution in [0.3, 0.4) is 0 Å². The fourth-order valence-corrected chi connectivity index (χ4v) is 2.22. The van der Waals surface area contributed by atoms with E-state index in [2.05, 4.69) is 0 Å². The zero-order valence-electron chi connectivity index (χ0n) is 10.1. The molecule has 5 heteroatoms. The Morgan fingerprint density at radius 3 is 2.44 bits per heavy atom. The van der Waals surface area contributed by atoms with Crippen molar-refractivity contribution in [3.63, 3.8) is 0 Å². The third kappa shape index (κ3) is 2.46. The van der Waals surface area contributed by atoms with Crippen LogP contribution in [0, 0.1) is 5.92 Å². The van der Waals surface area contributed by atoms with Crippen molar-refractivity contribution in [2.75, 3.05) is 7.11 Å². The molecule has 0 radical (unpaired) electrons. The number of benzene rings is 1. The molecule has 0 saturated heterocycles. The van der Waals surface area contributed by atoms with E-state index in [9.17, 15) is 13.2 Å². The molecule has 0 unspecified atom stereocenters. The highest BCUT2D eigenvalue weighted by atomic mass is 19.4. The van der Waals surface area contributed by atoms with Crippen LogP contribution >= 0.6 is 0 Å². The Balaban J connectivity index is 2.30. The number of methoxy groups -OCH3 is 1. The molecule has 2 nitrogen and oxygen atoms in total. The zero-order valence-corrected chi connectivity index (χ0v) is 10.1. The highest BCUT2D eigenvalue weighted by Gasteiger charge is 2.33. The third-order valence-corrected chi connectivity index (χ3v) is 3.58. The largest absolute Gasteiger partial charge is 0.496 e. The monoisotopic (exact) mass is 259 g/mol. The van der Waals surface area contributed by atoms with Crippen molar-refractivity contribution >= 4 is 0 Å². The van der Waals surface area contributed by atoms with Gasteiger partial charge in [-0.1, -0.05) is 12.5 Å². The quantitative estimate of drug-likeness (QED) is 0.901. The summed E-state index contributed by atoms with van der Waals surface area (Å²) in [7, 11) is 1.37. The van der Waals surface area contributed by atoms with Crippen molar-refractivity contribution in [1.29, 1.82) is 0 Å². The second-order valence-corrected chi connectivity index (χ2v) is 4.67. The third-order valence-electron chi connectivity index (χ3n) is 3.58. The fraction of sp³-hybridized carbons (Fsp3) is 0.538. The van der Waals surface area contributed by atoms with Gasteiger partial charge in [-0.15, -0.1) is 0 Å². The number of hydrogen-bond acceptors (Lipinski definition) is 2. The molecule has 1 aromatic carbocycles. The predicted octanol–water partition coefficient (Wildman–Crippen LogP) is 3.51. The van der Waals surface area contributed by atoms with E-state index in [-0.39, 0.29) is 11.8 Å². The van der Waals surface area contributed by atoms with Gasteiger partial charge in [-0.05, 0) is 30.9 Å². The molecule has 1 aromatic rings. The summed E-state index contributed by atoms with van der Waals surface area (Å²) >= 11 is 0. The first kappa shape index (κ1) is 13.2. The lowest BCUT2D eigenvalue weighted by molar-refractivity contribution is -0.137. The van der Waals surface area contributed by atoms with E-state index in [1.54, 1.807) is 0 Å². The molecule has 2 N–H and O–H groups in total. The molecule has 100 valence electrons. The Hall–Kier alpha value is -1.23. The van der Waals surface area contributed by atoms with Gasteiger partial charge in [0.05, 0.1) is 12.7 Å². The summed E-state index contributed by atoms with van der Waals surface area (Å²) in [5, 5.41) is 0. The molecule has 1 saturated carbocycles. The fourth-order valence-electron chi connectivity index (χ4n) is 2.22. The highest BCUT2D eigenvalue weighted by molar-refractivity contribution is 5.41. The maximum atomic E-state index is 12.6. The van der Waals surface area contributed by atoms with E-state index in [4.69, 9.17) is 10.5 Å². The molecule has 18 heavy (non-hydrogen) atoms. The van der Waals surface area contributed by atoms with Crippen LogP contribution in [0.25, 0.3) is 0 Å². The van der Waals surface area contributed by atoms with Gasteiger partial charge in [0.1, 0.15) is 5.75 Å². The van der Waals surface area contributed by atoms with Crippen LogP contribution in [-0.2, 0) is 6.18 Å². The summed E-state index contributed by atoms with van der Waals surface area (Å²) < 4.78 is 42.8. The molecular weight excluding hydrogens is 243 g/mol. The average molecular weight is 259 g/mol. The van der Waals surface area contributed by atoms with Crippen LogP contribution in [0.2, 0.25) is 0 Å². The van der Waals surface area contributed by atoms with E-state index < -0.39 is 11.7 Å². The van der Waals surface area contributed by atoms with Crippen molar-refractivity contribution in [2.45, 2.75) is 31.5 Å². The number of ether oxygens (including phenoxy) is 1. The molecule has 1 fully saturated rings. The maximum absolute atomic E-state index is 12.6. The summed E-state index contributed by atoms with van der Waals surface area (Å²) in [6.45, 7) is 0. The Labute approximate surface area is 104 Å². The second-order valence-electron chi connectivity index (χ2n) is 4.67. The summed E-state index contributed by atoms with van der Waals surface area (Å²) in [5.41, 5.74) is 6.03. The molecule has 0 bridgehead atoms. The van der Waals surface area contributed by atoms with Gasteiger partial charge >= 0.3 is 6.18 Å². The van der Waals surface area contributed by atoms with Crippen LogP contribution in [0.15, 0.2) is 18.2 Å². The Kier molecular flexibility index (Phi) is 3.52. The first-order chi connectivity index (χ1) is 8.43. The average Bonchev–Trinajstić information content (AvgIpc) is 2.24. The molecule has 0 amide bonds. The van der Waals surface area contributed by atoms with E-state index in [1.165, 1.54) is 13.2 Å². The normalized spacial score (nSPS) is 18.3. The van der Waals surface area contributed by atoms with E-state index in [0.29, 0.717) is 11.5 Å². The topological polar surface area (TPSA) is 35.2 Å². The smallest absolute Gasteiger partial charge is 0.416 e. The summed E-state index contributed by atoms with van der Waals surface area (Å²) in [6, 6.07) is 3.28. The van der Waals surface area contributed by atoms with Crippen molar-refractivity contribution in [1.82, 2.24) is 0 Å². The number of halogens is 3. The lowest BCUT2D eigenvalue weighted by atomic mass is 9.77. The summed E-state index contributed by atoms with van der Waals surface area (Å²) in [5.74, 6) is 0.583. The summed E-state index contributed by atoms with van der Waals surface area (Å²) in [4.78, 5) is 0. The van der Waals surface area contributed by atoms with Crippen LogP contribution in [-0.4, -0.2) is 7.11 Å². The molecule has 0 spiro atoms. The predicted molar refractivity (Wildman–Crippen MR) is 62.3 cm³/mol. The molecule has 1 atom stereocenters. The van der Waals surface area contributed by atoms with Gasteiger partial charge in [-0.25, -0.2) is 0 Å². The van der Waals surface area contributed by atoms with Crippen LogP contribution in [0.4, 0.5) is 13.2 Å². The van der Waals surface area contributed by atoms with Crippen molar-refractivity contribution in [3.8, 4) is 5.75 Å². The Morgan fingerprint density at radius 2 is 2.00 bits per heavy atom. The van der Waals surface area contributed by atoms with Crippen LogP contribution < -0.4 is 10.5 Å². The van der Waals surface area contributed by atoms with Gasteiger partial charge in [0.25, 0.3) is 0 Å². The van der Waals surface area contributed by atoms with Gasteiger partial charge in [-0.3, -0.25) is 0 Å². The van der Waals surface area contributed by atoms with Gasteiger partial charge < -0.3 is 10.5 Å². The standard InChI is InChI=1S/C13H16F3NO/c1-18-11-7-9(13(14,15)16)5-6-10(11)12(17)8-3-2-4-8/h5-8,12H,2-4,17H2,1H3/t12-/m1/s1. The number of alkyl halides is 3. The van der Waals surface area contributed by atoms with Gasteiger partial charge in [0.2, 0.25) is 0 Å². The molecule has 0 heterocycles. The van der Waals surface area contributed by atoms with Gasteiger partial charge in [-0.2, -0.15) is 13.2 Å². The minimum absolute atomic E-state index is 0.226. The highest BCUT2D eigenvalue weighted by Crippen LogP contribution is 2.41. The Morgan fingerprint density at radius 1 is 1.33 bits per heavy atom. The maximum Gasteiger partial charge on any atom is 0.416 e. The second kappa shape index (κ2) is 4.80. The number of hydrogen-bond donors (Lipinski definition) is 1. The Bertz CT molecular complexity index is 427. The van der Waals surface area contributed by atoms with E-state index in [0.717, 1.165) is 31.4 Å². The van der Waals surface area contributed by atoms with Crippen LogP contribution in [0.5, 0.6) is 5.75 Å². The molecule has 1 aliphatic carbocycles. The molecule has 2 rings (SSSR count). The van der Waals surface area contributed by atoms with Crippen molar-refractivity contribution in [2.24, 2.45) is 11.7 Å². The molecule has 1 aliphatic rings. The van der Waals surface area contributed by atoms with Crippen molar-refractivity contribution < 1.29 is 17.9 Å². The number of nitrogens with two attached hydrogens (primary N) is 1. The van der Waals surface area contributed by atoms with E-state index >= 15 is 0 Å². The van der Waals surface area contributed by atoms with Crippen molar-refractivity contribution in [3.05, 3.63) is 29.3 Å². The first-order valence-electron chi connectivity index (χ1n) is 5.94. The minimum atomic E-state index is -4.35. The SMILES string of the molecule is COc1cc(C(F)(F)F)ccc1[C@H](N)C1CCC1. The molecule has 0 aliphatic heterocycles. The van der Waals surface area contributed by atoms with Gasteiger partial charge in [0, 0.05) is 11.6 Å². The van der Waals surface area contributed by atoms with E-state index in [1.807, 2.05) is 0 Å². The summed E-state index contributed by atoms with van der Waals surface area (Å²) in [6.07, 6.45) is -1.15. The van der Waals surface area contributed by atoms with Crippen LogP contribution in [0.1, 0.15) is 36.4 Å². The lowest BCUT2D eigenvalue weighted by Gasteiger charge is -2.32. The zero-order chi connectivity index (χ0) is 13.3. The molecular formula is C13H16F3NO. The molecule has 0 aromatic heterocycles. The first-order valence-corrected chi connectivity index (χ1v) is 5.94. The van der Waals surface area contributed by atoms with Gasteiger partial charge in [0.15, 0.2) is 0 Å².